The predicted octanol–water partition coefficient (Wildman–Crippen LogP) is 3.45. The Morgan fingerprint density at radius 3 is 2.41 bits per heavy atom. The molecule has 1 heterocycles. The van der Waals surface area contributed by atoms with Gasteiger partial charge in [0.15, 0.2) is 0 Å². The number of carbonyl (C=O) groups is 1. The zero-order valence-electron chi connectivity index (χ0n) is 15.4. The lowest BCUT2D eigenvalue weighted by atomic mass is 10.00. The van der Waals surface area contributed by atoms with Gasteiger partial charge in [0.05, 0.1) is 11.3 Å². The second kappa shape index (κ2) is 9.06. The number of amides is 1. The summed E-state index contributed by atoms with van der Waals surface area (Å²) in [6.07, 6.45) is -3.83. The van der Waals surface area contributed by atoms with Gasteiger partial charge in [-0.15, -0.1) is 0 Å². The minimum absolute atomic E-state index is 0.0786. The highest BCUT2D eigenvalue weighted by Crippen LogP contribution is 2.47. The number of fused-ring (bicyclic) bond motifs is 3. The molecule has 0 aromatic heterocycles. The first kappa shape index (κ1) is 21.5. The molecule has 0 saturated carbocycles. The van der Waals surface area contributed by atoms with Gasteiger partial charge in [-0.2, -0.15) is 13.2 Å². The van der Waals surface area contributed by atoms with E-state index < -0.39 is 11.7 Å². The maximum atomic E-state index is 13.2. The number of hydrogen-bond acceptors (Lipinski definition) is 5. The summed E-state index contributed by atoms with van der Waals surface area (Å²) < 4.78 is 41.3. The highest BCUT2D eigenvalue weighted by Gasteiger charge is 2.33. The van der Waals surface area contributed by atoms with Crippen molar-refractivity contribution in [2.75, 3.05) is 24.1 Å². The molecule has 1 amide bonds. The maximum absolute atomic E-state index is 13.2. The van der Waals surface area contributed by atoms with Crippen LogP contribution in [0.2, 0.25) is 0 Å². The number of hydrogen-bond donors (Lipinski definition) is 3. The largest absolute Gasteiger partial charge is 0.416 e. The van der Waals surface area contributed by atoms with Crippen LogP contribution in [0.4, 0.5) is 18.9 Å². The van der Waals surface area contributed by atoms with Crippen molar-refractivity contribution in [2.24, 2.45) is 0 Å². The van der Waals surface area contributed by atoms with E-state index in [1.807, 2.05) is 0 Å². The molecule has 0 unspecified atom stereocenters. The molecule has 0 aliphatic carbocycles. The lowest BCUT2D eigenvalue weighted by Crippen LogP contribution is -2.41. The Morgan fingerprint density at radius 1 is 1.07 bits per heavy atom. The predicted molar refractivity (Wildman–Crippen MR) is 105 cm³/mol. The first-order valence-corrected chi connectivity index (χ1v) is 9.88. The van der Waals surface area contributed by atoms with E-state index in [-0.39, 0.29) is 31.7 Å². The van der Waals surface area contributed by atoms with Gasteiger partial charge in [0.25, 0.3) is 0 Å². The van der Waals surface area contributed by atoms with Gasteiger partial charge in [-0.1, -0.05) is 18.2 Å². The SMILES string of the molecule is O=C(CN1Sc2ccccc2-c2cc(C(F)(F)F)ccc21)NC(CCO)CCO. The quantitative estimate of drug-likeness (QED) is 0.592. The fourth-order valence-corrected chi connectivity index (χ4v) is 4.30. The van der Waals surface area contributed by atoms with Crippen LogP contribution in [0, 0.1) is 0 Å². The highest BCUT2D eigenvalue weighted by atomic mass is 32.2. The van der Waals surface area contributed by atoms with Crippen LogP contribution < -0.4 is 9.62 Å². The molecule has 3 N–H and O–H groups in total. The van der Waals surface area contributed by atoms with Gasteiger partial charge in [-0.3, -0.25) is 4.79 Å². The van der Waals surface area contributed by atoms with Crippen LogP contribution in [-0.4, -0.2) is 41.9 Å². The van der Waals surface area contributed by atoms with Crippen molar-refractivity contribution in [3.05, 3.63) is 48.0 Å². The molecule has 2 aromatic carbocycles. The fraction of sp³-hybridized carbons (Fsp3) is 0.350. The highest BCUT2D eigenvalue weighted by molar-refractivity contribution is 8.01. The first-order valence-electron chi connectivity index (χ1n) is 9.10. The van der Waals surface area contributed by atoms with Crippen LogP contribution in [0.25, 0.3) is 11.1 Å². The van der Waals surface area contributed by atoms with E-state index in [0.717, 1.165) is 17.0 Å². The molecule has 9 heteroatoms. The summed E-state index contributed by atoms with van der Waals surface area (Å²) in [4.78, 5) is 13.3. The summed E-state index contributed by atoms with van der Waals surface area (Å²) in [5.41, 5.74) is 0.893. The van der Waals surface area contributed by atoms with E-state index in [2.05, 4.69) is 5.32 Å². The second-order valence-corrected chi connectivity index (χ2v) is 7.71. The molecular formula is C20H21F3N2O3S. The van der Waals surface area contributed by atoms with Crippen molar-refractivity contribution >= 4 is 23.5 Å². The number of nitrogens with one attached hydrogen (secondary N) is 1. The first-order chi connectivity index (χ1) is 13.8. The van der Waals surface area contributed by atoms with E-state index in [9.17, 15) is 18.0 Å². The van der Waals surface area contributed by atoms with E-state index in [4.69, 9.17) is 10.2 Å². The molecule has 0 saturated heterocycles. The second-order valence-electron chi connectivity index (χ2n) is 6.64. The van der Waals surface area contributed by atoms with E-state index in [0.29, 0.717) is 29.7 Å². The number of alkyl halides is 3. The summed E-state index contributed by atoms with van der Waals surface area (Å²) in [6.45, 7) is -0.329. The topological polar surface area (TPSA) is 72.8 Å². The van der Waals surface area contributed by atoms with E-state index in [1.165, 1.54) is 18.0 Å². The summed E-state index contributed by atoms with van der Waals surface area (Å²) in [6, 6.07) is 10.3. The van der Waals surface area contributed by atoms with Gasteiger partial charge < -0.3 is 19.8 Å². The van der Waals surface area contributed by atoms with Crippen LogP contribution in [0.3, 0.4) is 0 Å². The van der Waals surface area contributed by atoms with E-state index in [1.54, 1.807) is 28.6 Å². The summed E-state index contributed by atoms with van der Waals surface area (Å²) in [5, 5.41) is 20.9. The molecule has 0 fully saturated rings. The van der Waals surface area contributed by atoms with Crippen molar-refractivity contribution in [1.82, 2.24) is 5.32 Å². The number of aliphatic hydroxyl groups excluding tert-OH is 2. The normalized spacial score (nSPS) is 13.2. The number of halogens is 3. The molecule has 3 rings (SSSR count). The summed E-state index contributed by atoms with van der Waals surface area (Å²) >= 11 is 1.29. The van der Waals surface area contributed by atoms with Gasteiger partial charge in [-0.05, 0) is 54.6 Å². The molecule has 0 radical (unpaired) electrons. The summed E-state index contributed by atoms with van der Waals surface area (Å²) in [5.74, 6) is -0.338. The number of aliphatic hydroxyl groups is 2. The molecule has 0 spiro atoms. The zero-order valence-corrected chi connectivity index (χ0v) is 16.3. The summed E-state index contributed by atoms with van der Waals surface area (Å²) in [7, 11) is 0. The molecule has 156 valence electrons. The minimum atomic E-state index is -4.46. The molecule has 5 nitrogen and oxygen atoms in total. The third-order valence-electron chi connectivity index (χ3n) is 4.59. The number of carbonyl (C=O) groups excluding carboxylic acids is 1. The number of benzene rings is 2. The molecule has 1 aliphatic heterocycles. The van der Waals surface area contributed by atoms with Gasteiger partial charge in [0.2, 0.25) is 5.91 Å². The number of anilines is 1. The Hall–Kier alpha value is -2.23. The van der Waals surface area contributed by atoms with Gasteiger partial charge in [-0.25, -0.2) is 0 Å². The minimum Gasteiger partial charge on any atom is -0.396 e. The van der Waals surface area contributed by atoms with Crippen LogP contribution in [0.5, 0.6) is 0 Å². The lowest BCUT2D eigenvalue weighted by Gasteiger charge is -2.32. The Kier molecular flexibility index (Phi) is 6.71. The van der Waals surface area contributed by atoms with E-state index >= 15 is 0 Å². The zero-order chi connectivity index (χ0) is 21.0. The Balaban J connectivity index is 1.88. The van der Waals surface area contributed by atoms with Crippen molar-refractivity contribution in [1.29, 1.82) is 0 Å². The monoisotopic (exact) mass is 426 g/mol. The molecular weight excluding hydrogens is 405 g/mol. The molecule has 1 aliphatic rings. The molecule has 0 atom stereocenters. The number of nitrogens with zero attached hydrogens (tertiary/aromatic N) is 1. The molecule has 2 aromatic rings. The van der Waals surface area contributed by atoms with Gasteiger partial charge in [0.1, 0.15) is 6.54 Å². The van der Waals surface area contributed by atoms with Crippen LogP contribution >= 0.6 is 11.9 Å². The maximum Gasteiger partial charge on any atom is 0.416 e. The average molecular weight is 426 g/mol. The molecule has 0 bridgehead atoms. The Labute approximate surface area is 170 Å². The van der Waals surface area contributed by atoms with Crippen molar-refractivity contribution in [3.8, 4) is 11.1 Å². The standard InChI is InChI=1S/C20H21F3N2O3S/c21-20(22,23)13-5-6-17-16(11-13)15-3-1-2-4-18(15)29-25(17)12-19(28)24-14(7-9-26)8-10-27/h1-6,11,14,26-27H,7-10,12H2,(H,24,28). The third-order valence-corrected chi connectivity index (χ3v) is 5.68. The lowest BCUT2D eigenvalue weighted by molar-refractivity contribution is -0.137. The number of rotatable bonds is 7. The van der Waals surface area contributed by atoms with Crippen molar-refractivity contribution in [2.45, 2.75) is 30.0 Å². The third kappa shape index (κ3) is 5.04. The smallest absolute Gasteiger partial charge is 0.396 e. The van der Waals surface area contributed by atoms with Crippen molar-refractivity contribution in [3.63, 3.8) is 0 Å². The van der Waals surface area contributed by atoms with Gasteiger partial charge in [0, 0.05) is 29.7 Å². The van der Waals surface area contributed by atoms with Crippen LogP contribution in [-0.2, 0) is 11.0 Å². The van der Waals surface area contributed by atoms with Crippen LogP contribution in [0.15, 0.2) is 47.4 Å². The van der Waals surface area contributed by atoms with Crippen molar-refractivity contribution < 1.29 is 28.2 Å². The van der Waals surface area contributed by atoms with Crippen LogP contribution in [0.1, 0.15) is 18.4 Å². The molecule has 29 heavy (non-hydrogen) atoms. The average Bonchev–Trinajstić information content (AvgIpc) is 2.67. The Bertz CT molecular complexity index is 870. The van der Waals surface area contributed by atoms with Gasteiger partial charge >= 0.3 is 6.18 Å². The Morgan fingerprint density at radius 2 is 1.76 bits per heavy atom. The fourth-order valence-electron chi connectivity index (χ4n) is 3.20.